The second-order valence-electron chi connectivity index (χ2n) is 5.70. The van der Waals surface area contributed by atoms with Crippen molar-refractivity contribution < 1.29 is 19.1 Å². The lowest BCUT2D eigenvalue weighted by Crippen LogP contribution is -2.49. The number of aryl methyl sites for hydroxylation is 1. The Kier molecular flexibility index (Phi) is 8.23. The van der Waals surface area contributed by atoms with Crippen molar-refractivity contribution >= 4 is 29.1 Å². The summed E-state index contributed by atoms with van der Waals surface area (Å²) in [5.41, 5.74) is 6.41. The molecule has 0 unspecified atom stereocenters. The fourth-order valence-electron chi connectivity index (χ4n) is 2.23. The number of hydrogen-bond acceptors (Lipinski definition) is 5. The monoisotopic (exact) mass is 401 g/mol. The summed E-state index contributed by atoms with van der Waals surface area (Å²) in [6.45, 7) is 4.23. The standard InChI is InChI=1S/C20H23N3O4S/c1-3-14-8-10-16(11-9-14)27-13-18(24)22-23-20(28)21-19(25)15-6-5-7-17(12-15)26-4-2/h5-12H,3-4,13H2,1-2H3,(H,22,24)(H2,21,23,25,28). The summed E-state index contributed by atoms with van der Waals surface area (Å²) >= 11 is 5.01. The van der Waals surface area contributed by atoms with Gasteiger partial charge in [0.15, 0.2) is 11.7 Å². The summed E-state index contributed by atoms with van der Waals surface area (Å²) in [4.78, 5) is 24.0. The highest BCUT2D eigenvalue weighted by Gasteiger charge is 2.10. The molecule has 0 aliphatic carbocycles. The van der Waals surface area contributed by atoms with Crippen molar-refractivity contribution in [3.8, 4) is 11.5 Å². The first kappa shape index (κ1) is 21.2. The van der Waals surface area contributed by atoms with Gasteiger partial charge in [0.05, 0.1) is 6.61 Å². The number of nitrogens with one attached hydrogen (secondary N) is 3. The van der Waals surface area contributed by atoms with Crippen molar-refractivity contribution in [2.75, 3.05) is 13.2 Å². The molecule has 0 fully saturated rings. The number of amides is 2. The number of carbonyl (C=O) groups is 2. The molecular weight excluding hydrogens is 378 g/mol. The maximum atomic E-state index is 12.2. The van der Waals surface area contributed by atoms with E-state index >= 15 is 0 Å². The van der Waals surface area contributed by atoms with Gasteiger partial charge in [-0.1, -0.05) is 25.1 Å². The third-order valence-electron chi connectivity index (χ3n) is 3.65. The lowest BCUT2D eigenvalue weighted by atomic mass is 10.2. The molecule has 0 aliphatic heterocycles. The first-order chi connectivity index (χ1) is 13.5. The summed E-state index contributed by atoms with van der Waals surface area (Å²) in [5.74, 6) is 0.332. The third kappa shape index (κ3) is 6.88. The molecule has 28 heavy (non-hydrogen) atoms. The summed E-state index contributed by atoms with van der Waals surface area (Å²) in [7, 11) is 0. The first-order valence-electron chi connectivity index (χ1n) is 8.86. The summed E-state index contributed by atoms with van der Waals surface area (Å²) in [6, 6.07) is 14.2. The third-order valence-corrected chi connectivity index (χ3v) is 3.86. The van der Waals surface area contributed by atoms with E-state index in [2.05, 4.69) is 23.1 Å². The minimum Gasteiger partial charge on any atom is -0.494 e. The van der Waals surface area contributed by atoms with Crippen LogP contribution in [-0.2, 0) is 11.2 Å². The van der Waals surface area contributed by atoms with Crippen LogP contribution in [0.5, 0.6) is 11.5 Å². The van der Waals surface area contributed by atoms with E-state index in [1.807, 2.05) is 19.1 Å². The molecule has 0 spiro atoms. The van der Waals surface area contributed by atoms with Gasteiger partial charge in [-0.15, -0.1) is 0 Å². The number of thiocarbonyl (C=S) groups is 1. The quantitative estimate of drug-likeness (QED) is 0.488. The Morgan fingerprint density at radius 1 is 0.964 bits per heavy atom. The van der Waals surface area contributed by atoms with Gasteiger partial charge in [-0.3, -0.25) is 25.8 Å². The smallest absolute Gasteiger partial charge is 0.276 e. The second-order valence-corrected chi connectivity index (χ2v) is 6.11. The van der Waals surface area contributed by atoms with E-state index in [0.717, 1.165) is 6.42 Å². The van der Waals surface area contributed by atoms with Crippen molar-refractivity contribution in [2.45, 2.75) is 20.3 Å². The van der Waals surface area contributed by atoms with Crippen molar-refractivity contribution in [1.29, 1.82) is 0 Å². The van der Waals surface area contributed by atoms with Crippen molar-refractivity contribution in [3.05, 3.63) is 59.7 Å². The molecule has 0 heterocycles. The number of carbonyl (C=O) groups excluding carboxylic acids is 2. The minimum atomic E-state index is -0.436. The molecule has 0 aromatic heterocycles. The van der Waals surface area contributed by atoms with Crippen LogP contribution < -0.4 is 25.6 Å². The average Bonchev–Trinajstić information content (AvgIpc) is 2.71. The molecule has 0 atom stereocenters. The Bertz CT molecular complexity index is 824. The molecule has 2 aromatic rings. The molecule has 2 aromatic carbocycles. The average molecular weight is 401 g/mol. The molecule has 2 rings (SSSR count). The van der Waals surface area contributed by atoms with Gasteiger partial charge in [-0.05, 0) is 61.5 Å². The highest BCUT2D eigenvalue weighted by molar-refractivity contribution is 7.80. The van der Waals surface area contributed by atoms with Crippen LogP contribution in [0.25, 0.3) is 0 Å². The zero-order valence-corrected chi connectivity index (χ0v) is 16.6. The number of benzene rings is 2. The van der Waals surface area contributed by atoms with Gasteiger partial charge >= 0.3 is 0 Å². The molecule has 0 radical (unpaired) electrons. The molecule has 148 valence electrons. The summed E-state index contributed by atoms with van der Waals surface area (Å²) in [6.07, 6.45) is 0.934. The van der Waals surface area contributed by atoms with Crippen LogP contribution in [0.2, 0.25) is 0 Å². The fraction of sp³-hybridized carbons (Fsp3) is 0.250. The molecular formula is C20H23N3O4S. The molecule has 2 amide bonds. The molecule has 7 nitrogen and oxygen atoms in total. The normalized spacial score (nSPS) is 9.93. The van der Waals surface area contributed by atoms with E-state index in [9.17, 15) is 9.59 Å². The molecule has 0 saturated carbocycles. The predicted molar refractivity (Wildman–Crippen MR) is 110 cm³/mol. The molecule has 8 heteroatoms. The molecule has 0 bridgehead atoms. The largest absolute Gasteiger partial charge is 0.494 e. The highest BCUT2D eigenvalue weighted by atomic mass is 32.1. The number of hydrazine groups is 1. The molecule has 0 aliphatic rings. The van der Waals surface area contributed by atoms with Crippen LogP contribution >= 0.6 is 12.2 Å². The van der Waals surface area contributed by atoms with E-state index < -0.39 is 11.8 Å². The summed E-state index contributed by atoms with van der Waals surface area (Å²) < 4.78 is 10.7. The van der Waals surface area contributed by atoms with E-state index in [1.54, 1.807) is 36.4 Å². The number of ether oxygens (including phenoxy) is 2. The van der Waals surface area contributed by atoms with Crippen molar-refractivity contribution in [3.63, 3.8) is 0 Å². The van der Waals surface area contributed by atoms with Crippen LogP contribution in [0.1, 0.15) is 29.8 Å². The van der Waals surface area contributed by atoms with Gasteiger partial charge < -0.3 is 9.47 Å². The Labute approximate surface area is 169 Å². The van der Waals surface area contributed by atoms with Crippen LogP contribution in [0, 0.1) is 0 Å². The zero-order valence-electron chi connectivity index (χ0n) is 15.8. The lowest BCUT2D eigenvalue weighted by molar-refractivity contribution is -0.123. The van der Waals surface area contributed by atoms with Crippen molar-refractivity contribution in [1.82, 2.24) is 16.2 Å². The fourth-order valence-corrected chi connectivity index (χ4v) is 2.38. The van der Waals surface area contributed by atoms with Gasteiger partial charge in [0.25, 0.3) is 11.8 Å². The van der Waals surface area contributed by atoms with E-state index in [0.29, 0.717) is 23.7 Å². The Morgan fingerprint density at radius 2 is 1.71 bits per heavy atom. The van der Waals surface area contributed by atoms with E-state index in [-0.39, 0.29) is 11.7 Å². The Hall–Kier alpha value is -3.13. The molecule has 0 saturated heterocycles. The first-order valence-corrected chi connectivity index (χ1v) is 9.27. The Morgan fingerprint density at radius 3 is 2.39 bits per heavy atom. The second kappa shape index (κ2) is 10.9. The Balaban J connectivity index is 1.74. The highest BCUT2D eigenvalue weighted by Crippen LogP contribution is 2.13. The van der Waals surface area contributed by atoms with Gasteiger partial charge in [0.2, 0.25) is 0 Å². The SMILES string of the molecule is CCOc1cccc(C(=O)NC(=S)NNC(=O)COc2ccc(CC)cc2)c1. The van der Waals surface area contributed by atoms with Gasteiger partial charge in [0.1, 0.15) is 11.5 Å². The number of hydrogen-bond donors (Lipinski definition) is 3. The van der Waals surface area contributed by atoms with Gasteiger partial charge in [-0.2, -0.15) is 0 Å². The minimum absolute atomic E-state index is 0.0348. The van der Waals surface area contributed by atoms with Gasteiger partial charge in [-0.25, -0.2) is 0 Å². The van der Waals surface area contributed by atoms with Crippen LogP contribution in [0.15, 0.2) is 48.5 Å². The lowest BCUT2D eigenvalue weighted by Gasteiger charge is -2.12. The van der Waals surface area contributed by atoms with E-state index in [1.165, 1.54) is 5.56 Å². The zero-order chi connectivity index (χ0) is 20.4. The number of rotatable bonds is 7. The van der Waals surface area contributed by atoms with Crippen molar-refractivity contribution in [2.24, 2.45) is 0 Å². The summed E-state index contributed by atoms with van der Waals surface area (Å²) in [5, 5.41) is 2.44. The molecule has 3 N–H and O–H groups in total. The van der Waals surface area contributed by atoms with E-state index in [4.69, 9.17) is 21.7 Å². The maximum Gasteiger partial charge on any atom is 0.276 e. The predicted octanol–water partition coefficient (Wildman–Crippen LogP) is 2.36. The van der Waals surface area contributed by atoms with Crippen LogP contribution in [-0.4, -0.2) is 30.1 Å². The topological polar surface area (TPSA) is 88.7 Å². The van der Waals surface area contributed by atoms with Gasteiger partial charge in [0, 0.05) is 5.56 Å². The van der Waals surface area contributed by atoms with Crippen LogP contribution in [0.4, 0.5) is 0 Å². The van der Waals surface area contributed by atoms with Crippen LogP contribution in [0.3, 0.4) is 0 Å². The maximum absolute atomic E-state index is 12.2.